The van der Waals surface area contributed by atoms with E-state index in [1.54, 1.807) is 11.3 Å². The molecular weight excluding hydrogens is 224 g/mol. The van der Waals surface area contributed by atoms with Crippen molar-refractivity contribution in [2.24, 2.45) is 5.73 Å². The lowest BCUT2D eigenvalue weighted by Crippen LogP contribution is -2.37. The lowest BCUT2D eigenvalue weighted by Gasteiger charge is -2.18. The Bertz CT molecular complexity index is 334. The molecule has 1 unspecified atom stereocenters. The molecular formula is C11H18N2O2S. The third-order valence-electron chi connectivity index (χ3n) is 2.78. The van der Waals surface area contributed by atoms with Crippen LogP contribution in [0.3, 0.4) is 0 Å². The first-order valence-corrected chi connectivity index (χ1v) is 6.52. The average molecular weight is 242 g/mol. The first-order chi connectivity index (χ1) is 7.74. The fraction of sp³-hybridized carbons (Fsp3) is 0.727. The van der Waals surface area contributed by atoms with E-state index < -0.39 is 0 Å². The highest BCUT2D eigenvalue weighted by Crippen LogP contribution is 2.28. The number of hydrogen-bond donors (Lipinski definition) is 1. The third-order valence-corrected chi connectivity index (χ3v) is 3.69. The molecule has 0 amide bonds. The molecule has 0 saturated carbocycles. The molecule has 2 N–H and O–H groups in total. The summed E-state index contributed by atoms with van der Waals surface area (Å²) in [5.41, 5.74) is 6.85. The first kappa shape index (κ1) is 12.0. The molecule has 1 saturated heterocycles. The molecule has 0 bridgehead atoms. The smallest absolute Gasteiger partial charge is 0.0952 e. The van der Waals surface area contributed by atoms with Crippen LogP contribution in [0.15, 0.2) is 5.38 Å². The van der Waals surface area contributed by atoms with Crippen LogP contribution in [0.2, 0.25) is 0 Å². The summed E-state index contributed by atoms with van der Waals surface area (Å²) in [5.74, 6) is 0. The van der Waals surface area contributed by atoms with Crippen molar-refractivity contribution in [1.82, 2.24) is 4.98 Å². The lowest BCUT2D eigenvalue weighted by atomic mass is 9.97. The van der Waals surface area contributed by atoms with Gasteiger partial charge in [-0.3, -0.25) is 0 Å². The van der Waals surface area contributed by atoms with Gasteiger partial charge in [-0.2, -0.15) is 0 Å². The van der Waals surface area contributed by atoms with Gasteiger partial charge in [-0.05, 0) is 13.3 Å². The van der Waals surface area contributed by atoms with Crippen molar-refractivity contribution in [3.63, 3.8) is 0 Å². The number of nitrogens with zero attached hydrogens (tertiary/aromatic N) is 1. The second-order valence-corrected chi connectivity index (χ2v) is 4.97. The Morgan fingerprint density at radius 3 is 3.25 bits per heavy atom. The van der Waals surface area contributed by atoms with Crippen LogP contribution in [0.25, 0.3) is 0 Å². The summed E-state index contributed by atoms with van der Waals surface area (Å²) in [6.45, 7) is 4.81. The molecule has 1 fully saturated rings. The van der Waals surface area contributed by atoms with Gasteiger partial charge in [-0.1, -0.05) is 0 Å². The van der Waals surface area contributed by atoms with Crippen LogP contribution in [0.4, 0.5) is 0 Å². The van der Waals surface area contributed by atoms with Gasteiger partial charge in [0.05, 0.1) is 29.5 Å². The second-order valence-electron chi connectivity index (χ2n) is 4.03. The van der Waals surface area contributed by atoms with Crippen molar-refractivity contribution in [3.8, 4) is 0 Å². The Morgan fingerprint density at radius 2 is 2.56 bits per heavy atom. The number of rotatable bonds is 5. The number of hydrogen-bond acceptors (Lipinski definition) is 5. The van der Waals surface area contributed by atoms with Crippen LogP contribution in [0.1, 0.15) is 24.0 Å². The van der Waals surface area contributed by atoms with Crippen molar-refractivity contribution in [2.75, 3.05) is 26.4 Å². The molecule has 1 aliphatic heterocycles. The van der Waals surface area contributed by atoms with Crippen molar-refractivity contribution < 1.29 is 9.47 Å². The van der Waals surface area contributed by atoms with Crippen LogP contribution >= 0.6 is 11.3 Å². The normalized spacial score (nSPS) is 25.1. The van der Waals surface area contributed by atoms with Gasteiger partial charge in [0.15, 0.2) is 0 Å². The van der Waals surface area contributed by atoms with E-state index in [1.165, 1.54) is 0 Å². The molecule has 1 atom stereocenters. The molecule has 1 aromatic heterocycles. The highest BCUT2D eigenvalue weighted by atomic mass is 32.1. The molecule has 0 spiro atoms. The summed E-state index contributed by atoms with van der Waals surface area (Å²) in [5, 5.41) is 3.15. The molecule has 2 rings (SSSR count). The molecule has 0 aromatic carbocycles. The predicted molar refractivity (Wildman–Crippen MR) is 63.6 cm³/mol. The summed E-state index contributed by atoms with van der Waals surface area (Å²) in [7, 11) is 0. The molecule has 0 radical (unpaired) electrons. The van der Waals surface area contributed by atoms with Gasteiger partial charge in [0.1, 0.15) is 0 Å². The van der Waals surface area contributed by atoms with E-state index in [9.17, 15) is 0 Å². The Hall–Kier alpha value is -0.490. The van der Waals surface area contributed by atoms with Crippen molar-refractivity contribution in [2.45, 2.75) is 25.3 Å². The second kappa shape index (κ2) is 5.23. The van der Waals surface area contributed by atoms with Crippen molar-refractivity contribution in [3.05, 3.63) is 16.1 Å². The third kappa shape index (κ3) is 2.60. The number of aromatic nitrogens is 1. The number of thiazole rings is 1. The molecule has 16 heavy (non-hydrogen) atoms. The van der Waals surface area contributed by atoms with E-state index in [1.807, 2.05) is 6.92 Å². The summed E-state index contributed by atoms with van der Waals surface area (Å²) in [6.07, 6.45) is 1.73. The van der Waals surface area contributed by atoms with Crippen LogP contribution < -0.4 is 5.73 Å². The number of nitrogens with two attached hydrogens (primary N) is 1. The van der Waals surface area contributed by atoms with Gasteiger partial charge in [0, 0.05) is 25.0 Å². The monoisotopic (exact) mass is 242 g/mol. The Labute approximate surface area is 99.8 Å². The van der Waals surface area contributed by atoms with Gasteiger partial charge in [-0.15, -0.1) is 11.3 Å². The zero-order valence-corrected chi connectivity index (χ0v) is 10.4. The average Bonchev–Trinajstić information content (AvgIpc) is 2.88. The standard InChI is InChI=1S/C11H18N2O2S/c1-2-14-5-3-10-13-9(7-16-10)11(12)4-6-15-8-11/h7H,2-6,8,12H2,1H3. The Morgan fingerprint density at radius 1 is 1.69 bits per heavy atom. The largest absolute Gasteiger partial charge is 0.381 e. The minimum atomic E-state index is -0.361. The lowest BCUT2D eigenvalue weighted by molar-refractivity contribution is 0.150. The number of ether oxygens (including phenoxy) is 2. The van der Waals surface area contributed by atoms with Crippen molar-refractivity contribution in [1.29, 1.82) is 0 Å². The van der Waals surface area contributed by atoms with E-state index in [0.29, 0.717) is 6.61 Å². The van der Waals surface area contributed by atoms with Crippen LogP contribution in [-0.2, 0) is 21.4 Å². The summed E-state index contributed by atoms with van der Waals surface area (Å²) in [6, 6.07) is 0. The molecule has 90 valence electrons. The fourth-order valence-electron chi connectivity index (χ4n) is 1.74. The summed E-state index contributed by atoms with van der Waals surface area (Å²) >= 11 is 1.66. The minimum Gasteiger partial charge on any atom is -0.381 e. The molecule has 1 aromatic rings. The topological polar surface area (TPSA) is 57.4 Å². The highest BCUT2D eigenvalue weighted by molar-refractivity contribution is 7.09. The van der Waals surface area contributed by atoms with E-state index in [4.69, 9.17) is 15.2 Å². The first-order valence-electron chi connectivity index (χ1n) is 5.64. The van der Waals surface area contributed by atoms with Crippen LogP contribution in [0.5, 0.6) is 0 Å². The van der Waals surface area contributed by atoms with Gasteiger partial charge >= 0.3 is 0 Å². The highest BCUT2D eigenvalue weighted by Gasteiger charge is 2.34. The summed E-state index contributed by atoms with van der Waals surface area (Å²) in [4.78, 5) is 4.57. The quantitative estimate of drug-likeness (QED) is 0.791. The molecule has 0 aliphatic carbocycles. The van der Waals surface area contributed by atoms with Gasteiger partial charge in [0.25, 0.3) is 0 Å². The molecule has 1 aliphatic rings. The minimum absolute atomic E-state index is 0.361. The van der Waals surface area contributed by atoms with E-state index in [-0.39, 0.29) is 5.54 Å². The SMILES string of the molecule is CCOCCc1nc(C2(N)CCOC2)cs1. The van der Waals surface area contributed by atoms with Crippen LogP contribution in [-0.4, -0.2) is 31.4 Å². The zero-order chi connectivity index (χ0) is 11.4. The fourth-order valence-corrected chi connectivity index (χ4v) is 2.63. The van der Waals surface area contributed by atoms with E-state index in [0.717, 1.165) is 43.4 Å². The maximum Gasteiger partial charge on any atom is 0.0952 e. The van der Waals surface area contributed by atoms with E-state index >= 15 is 0 Å². The van der Waals surface area contributed by atoms with Gasteiger partial charge in [-0.25, -0.2) is 4.98 Å². The Balaban J connectivity index is 1.96. The van der Waals surface area contributed by atoms with Crippen LogP contribution in [0, 0.1) is 0 Å². The van der Waals surface area contributed by atoms with E-state index in [2.05, 4.69) is 10.4 Å². The maximum absolute atomic E-state index is 6.24. The maximum atomic E-state index is 6.24. The zero-order valence-electron chi connectivity index (χ0n) is 9.57. The molecule has 4 nitrogen and oxygen atoms in total. The summed E-state index contributed by atoms with van der Waals surface area (Å²) < 4.78 is 10.6. The predicted octanol–water partition coefficient (Wildman–Crippen LogP) is 1.30. The molecule has 2 heterocycles. The Kier molecular flexibility index (Phi) is 3.91. The van der Waals surface area contributed by atoms with Gasteiger partial charge < -0.3 is 15.2 Å². The van der Waals surface area contributed by atoms with Gasteiger partial charge in [0.2, 0.25) is 0 Å². The van der Waals surface area contributed by atoms with Crippen molar-refractivity contribution >= 4 is 11.3 Å². The molecule has 5 heteroatoms.